The molecule has 2 aliphatic carbocycles. The number of hydrogen-bond acceptors (Lipinski definition) is 4. The zero-order valence-electron chi connectivity index (χ0n) is 20.0. The van der Waals surface area contributed by atoms with E-state index in [9.17, 15) is 19.5 Å². The van der Waals surface area contributed by atoms with E-state index in [-0.39, 0.29) is 30.8 Å². The topological polar surface area (TPSA) is 95.9 Å². The van der Waals surface area contributed by atoms with Crippen LogP contribution in [0.5, 0.6) is 0 Å². The molecule has 2 N–H and O–H groups in total. The Morgan fingerprint density at radius 2 is 1.69 bits per heavy atom. The van der Waals surface area contributed by atoms with Crippen LogP contribution in [0, 0.1) is 11.8 Å². The standard InChI is InChI=1S/C28H32N2O5/c1-18-16-30(14-11-19(18)26(32)33)25(31)15-28(12-6-13-28)29-27(34)35-17-24-22-9-4-2-7-20(22)21-8-3-5-10-23(21)24/h2-5,7-10,18-19,24H,6,11-17H2,1H3,(H,29,34)(H,32,33). The number of rotatable bonds is 6. The number of likely N-dealkylation sites (tertiary alicyclic amines) is 1. The third kappa shape index (κ3) is 4.51. The molecule has 0 aromatic heterocycles. The van der Waals surface area contributed by atoms with Crippen molar-refractivity contribution in [2.24, 2.45) is 11.8 Å². The van der Waals surface area contributed by atoms with Crippen molar-refractivity contribution < 1.29 is 24.2 Å². The summed E-state index contributed by atoms with van der Waals surface area (Å²) >= 11 is 0. The first-order valence-corrected chi connectivity index (χ1v) is 12.5. The van der Waals surface area contributed by atoms with E-state index in [0.29, 0.717) is 19.5 Å². The number of amides is 2. The number of carbonyl (C=O) groups is 3. The van der Waals surface area contributed by atoms with Crippen LogP contribution < -0.4 is 5.32 Å². The normalized spacial score (nSPS) is 22.5. The van der Waals surface area contributed by atoms with Crippen LogP contribution in [0.25, 0.3) is 11.1 Å². The molecule has 35 heavy (non-hydrogen) atoms. The minimum absolute atomic E-state index is 0.0101. The van der Waals surface area contributed by atoms with E-state index in [1.165, 1.54) is 11.1 Å². The Bertz CT molecular complexity index is 1100. The lowest BCUT2D eigenvalue weighted by Crippen LogP contribution is -2.57. The highest BCUT2D eigenvalue weighted by Crippen LogP contribution is 2.44. The number of ether oxygens (including phenoxy) is 1. The Morgan fingerprint density at radius 1 is 1.06 bits per heavy atom. The predicted molar refractivity (Wildman–Crippen MR) is 131 cm³/mol. The summed E-state index contributed by atoms with van der Waals surface area (Å²) in [7, 11) is 0. The van der Waals surface area contributed by atoms with Crippen molar-refractivity contribution in [1.82, 2.24) is 10.2 Å². The fraction of sp³-hybridized carbons (Fsp3) is 0.464. The van der Waals surface area contributed by atoms with Gasteiger partial charge < -0.3 is 20.1 Å². The van der Waals surface area contributed by atoms with Crippen LogP contribution in [0.15, 0.2) is 48.5 Å². The minimum atomic E-state index is -0.794. The molecule has 7 heteroatoms. The first-order valence-electron chi connectivity index (χ1n) is 12.5. The maximum Gasteiger partial charge on any atom is 0.407 e. The van der Waals surface area contributed by atoms with Crippen molar-refractivity contribution in [3.05, 3.63) is 59.7 Å². The molecule has 0 radical (unpaired) electrons. The summed E-state index contributed by atoms with van der Waals surface area (Å²) < 4.78 is 5.72. The fourth-order valence-corrected chi connectivity index (χ4v) is 5.94. The predicted octanol–water partition coefficient (Wildman–Crippen LogP) is 4.41. The summed E-state index contributed by atoms with van der Waals surface area (Å²) in [5, 5.41) is 12.3. The van der Waals surface area contributed by atoms with Crippen molar-refractivity contribution in [3.8, 4) is 11.1 Å². The summed E-state index contributed by atoms with van der Waals surface area (Å²) in [5.74, 6) is -1.33. The summed E-state index contributed by atoms with van der Waals surface area (Å²) in [5.41, 5.74) is 4.10. The number of carboxylic acid groups (broad SMARTS) is 1. The van der Waals surface area contributed by atoms with Gasteiger partial charge in [-0.15, -0.1) is 0 Å². The van der Waals surface area contributed by atoms with E-state index >= 15 is 0 Å². The van der Waals surface area contributed by atoms with Gasteiger partial charge in [0.15, 0.2) is 0 Å². The molecule has 1 heterocycles. The molecule has 0 bridgehead atoms. The van der Waals surface area contributed by atoms with Gasteiger partial charge in [-0.3, -0.25) is 9.59 Å². The van der Waals surface area contributed by atoms with Crippen molar-refractivity contribution in [2.45, 2.75) is 50.5 Å². The number of nitrogens with zero attached hydrogens (tertiary/aromatic N) is 1. The Labute approximate surface area is 205 Å². The highest BCUT2D eigenvalue weighted by atomic mass is 16.5. The average Bonchev–Trinajstić information content (AvgIpc) is 3.14. The SMILES string of the molecule is CC1CN(C(=O)CC2(NC(=O)OCC3c4ccccc4-c4ccccc43)CCC2)CCC1C(=O)O. The van der Waals surface area contributed by atoms with Gasteiger partial charge in [-0.05, 0) is 53.9 Å². The molecule has 1 aliphatic heterocycles. The summed E-state index contributed by atoms with van der Waals surface area (Å²) in [6.07, 6.45) is 2.64. The Hall–Kier alpha value is -3.35. The summed E-state index contributed by atoms with van der Waals surface area (Å²) in [6, 6.07) is 16.4. The zero-order chi connectivity index (χ0) is 24.6. The number of alkyl carbamates (subject to hydrolysis) is 1. The maximum atomic E-state index is 13.0. The molecule has 1 saturated carbocycles. The molecule has 0 spiro atoms. The Balaban J connectivity index is 1.19. The molecule has 7 nitrogen and oxygen atoms in total. The van der Waals surface area contributed by atoms with Gasteiger partial charge in [-0.25, -0.2) is 4.79 Å². The Kier molecular flexibility index (Phi) is 6.26. The number of benzene rings is 2. The molecule has 2 amide bonds. The molecule has 2 aromatic rings. The van der Waals surface area contributed by atoms with Crippen molar-refractivity contribution >= 4 is 18.0 Å². The molecule has 2 atom stereocenters. The van der Waals surface area contributed by atoms with Gasteiger partial charge in [0, 0.05) is 19.0 Å². The number of piperidine rings is 1. The lowest BCUT2D eigenvalue weighted by Gasteiger charge is -2.44. The van der Waals surface area contributed by atoms with Crippen LogP contribution in [0.4, 0.5) is 4.79 Å². The second-order valence-corrected chi connectivity index (χ2v) is 10.3. The highest BCUT2D eigenvalue weighted by molar-refractivity contribution is 5.81. The van der Waals surface area contributed by atoms with Crippen LogP contribution in [0.2, 0.25) is 0 Å². The molecule has 184 valence electrons. The van der Waals surface area contributed by atoms with Crippen LogP contribution in [0.3, 0.4) is 0 Å². The molecule has 2 aromatic carbocycles. The van der Waals surface area contributed by atoms with Crippen LogP contribution in [-0.4, -0.2) is 53.2 Å². The second kappa shape index (κ2) is 9.36. The Morgan fingerprint density at radius 3 is 2.23 bits per heavy atom. The largest absolute Gasteiger partial charge is 0.481 e. The highest BCUT2D eigenvalue weighted by Gasteiger charge is 2.43. The first kappa shape index (κ1) is 23.4. The number of carbonyl (C=O) groups excluding carboxylic acids is 2. The monoisotopic (exact) mass is 476 g/mol. The third-order valence-electron chi connectivity index (χ3n) is 8.09. The van der Waals surface area contributed by atoms with Crippen molar-refractivity contribution in [2.75, 3.05) is 19.7 Å². The van der Waals surface area contributed by atoms with Crippen molar-refractivity contribution in [1.29, 1.82) is 0 Å². The first-order chi connectivity index (χ1) is 16.9. The van der Waals surface area contributed by atoms with Gasteiger partial charge in [0.1, 0.15) is 6.61 Å². The molecule has 2 fully saturated rings. The molecule has 3 aliphatic rings. The number of nitrogens with one attached hydrogen (secondary N) is 1. The van der Waals surface area contributed by atoms with E-state index in [4.69, 9.17) is 4.74 Å². The van der Waals surface area contributed by atoms with Gasteiger partial charge in [0.2, 0.25) is 5.91 Å². The fourth-order valence-electron chi connectivity index (χ4n) is 5.94. The smallest absolute Gasteiger partial charge is 0.407 e. The summed E-state index contributed by atoms with van der Waals surface area (Å²) in [6.45, 7) is 3.01. The summed E-state index contributed by atoms with van der Waals surface area (Å²) in [4.78, 5) is 39.0. The van der Waals surface area contributed by atoms with Gasteiger partial charge in [-0.1, -0.05) is 55.5 Å². The number of aliphatic carboxylic acids is 1. The van der Waals surface area contributed by atoms with E-state index in [1.807, 2.05) is 31.2 Å². The second-order valence-electron chi connectivity index (χ2n) is 10.3. The molecular formula is C28H32N2O5. The van der Waals surface area contributed by atoms with Gasteiger partial charge >= 0.3 is 12.1 Å². The number of carboxylic acids is 1. The van der Waals surface area contributed by atoms with Crippen LogP contribution in [0.1, 0.15) is 56.1 Å². The number of fused-ring (bicyclic) bond motifs is 3. The van der Waals surface area contributed by atoms with Crippen LogP contribution in [-0.2, 0) is 14.3 Å². The van der Waals surface area contributed by atoms with Crippen LogP contribution >= 0.6 is 0 Å². The minimum Gasteiger partial charge on any atom is -0.481 e. The lowest BCUT2D eigenvalue weighted by molar-refractivity contribution is -0.149. The molecular weight excluding hydrogens is 444 g/mol. The quantitative estimate of drug-likeness (QED) is 0.644. The van der Waals surface area contributed by atoms with Gasteiger partial charge in [0.25, 0.3) is 0 Å². The number of hydrogen-bond donors (Lipinski definition) is 2. The molecule has 2 unspecified atom stereocenters. The van der Waals surface area contributed by atoms with E-state index in [2.05, 4.69) is 29.6 Å². The van der Waals surface area contributed by atoms with Crippen molar-refractivity contribution in [3.63, 3.8) is 0 Å². The van der Waals surface area contributed by atoms with E-state index in [1.54, 1.807) is 4.90 Å². The maximum absolute atomic E-state index is 13.0. The molecule has 1 saturated heterocycles. The average molecular weight is 477 g/mol. The zero-order valence-corrected chi connectivity index (χ0v) is 20.0. The van der Waals surface area contributed by atoms with E-state index < -0.39 is 23.5 Å². The van der Waals surface area contributed by atoms with E-state index in [0.717, 1.165) is 30.4 Å². The van der Waals surface area contributed by atoms with Gasteiger partial charge in [-0.2, -0.15) is 0 Å². The third-order valence-corrected chi connectivity index (χ3v) is 8.09. The lowest BCUT2D eigenvalue weighted by atomic mass is 9.74. The van der Waals surface area contributed by atoms with Gasteiger partial charge in [0.05, 0.1) is 17.9 Å². The molecule has 5 rings (SSSR count).